The van der Waals surface area contributed by atoms with E-state index in [0.717, 1.165) is 38.0 Å². The molecule has 1 aromatic rings. The molecule has 0 fully saturated rings. The molecule has 1 rings (SSSR count). The van der Waals surface area contributed by atoms with Crippen LogP contribution in [0.3, 0.4) is 0 Å². The maximum Gasteiger partial charge on any atom is 0.0328 e. The van der Waals surface area contributed by atoms with Gasteiger partial charge in [0.05, 0.1) is 0 Å². The summed E-state index contributed by atoms with van der Waals surface area (Å²) in [5.74, 6) is 1.52. The van der Waals surface area contributed by atoms with Crippen molar-refractivity contribution < 1.29 is 0 Å². The SMILES string of the molecule is CCC(C)CN(CC)Cc1ccc(CNCC(C)C)s1. The maximum atomic E-state index is 3.52. The monoisotopic (exact) mass is 296 g/mol. The molecule has 0 aliphatic rings. The van der Waals surface area contributed by atoms with Crippen LogP contribution in [0.15, 0.2) is 12.1 Å². The Morgan fingerprint density at radius 2 is 1.85 bits per heavy atom. The van der Waals surface area contributed by atoms with Crippen molar-refractivity contribution in [3.63, 3.8) is 0 Å². The van der Waals surface area contributed by atoms with Gasteiger partial charge in [0.15, 0.2) is 0 Å². The molecule has 0 spiro atoms. The predicted octanol–water partition coefficient (Wildman–Crippen LogP) is 4.36. The third-order valence-corrected chi connectivity index (χ3v) is 4.73. The van der Waals surface area contributed by atoms with Gasteiger partial charge < -0.3 is 5.32 Å². The highest BCUT2D eigenvalue weighted by Gasteiger charge is 2.09. The minimum absolute atomic E-state index is 0.723. The first-order valence-electron chi connectivity index (χ1n) is 8.05. The molecule has 0 bridgehead atoms. The van der Waals surface area contributed by atoms with E-state index in [1.807, 2.05) is 11.3 Å². The van der Waals surface area contributed by atoms with Gasteiger partial charge in [0.25, 0.3) is 0 Å². The van der Waals surface area contributed by atoms with E-state index in [1.54, 1.807) is 0 Å². The normalized spacial score (nSPS) is 13.3. The van der Waals surface area contributed by atoms with Gasteiger partial charge in [-0.3, -0.25) is 4.90 Å². The predicted molar refractivity (Wildman–Crippen MR) is 91.3 cm³/mol. The van der Waals surface area contributed by atoms with E-state index >= 15 is 0 Å². The number of rotatable bonds is 10. The zero-order chi connectivity index (χ0) is 15.0. The van der Waals surface area contributed by atoms with E-state index in [0.29, 0.717) is 0 Å². The van der Waals surface area contributed by atoms with Crippen LogP contribution in [0, 0.1) is 11.8 Å². The Morgan fingerprint density at radius 1 is 1.15 bits per heavy atom. The van der Waals surface area contributed by atoms with E-state index in [2.05, 4.69) is 57.0 Å². The molecule has 3 heteroatoms. The Balaban J connectivity index is 2.41. The second-order valence-corrected chi connectivity index (χ2v) is 7.49. The lowest BCUT2D eigenvalue weighted by molar-refractivity contribution is 0.240. The van der Waals surface area contributed by atoms with Gasteiger partial charge >= 0.3 is 0 Å². The van der Waals surface area contributed by atoms with Crippen LogP contribution in [-0.4, -0.2) is 24.5 Å². The first-order chi connectivity index (χ1) is 9.55. The average molecular weight is 297 g/mol. The van der Waals surface area contributed by atoms with E-state index in [-0.39, 0.29) is 0 Å². The second kappa shape index (κ2) is 9.54. The van der Waals surface area contributed by atoms with E-state index in [1.165, 1.54) is 22.7 Å². The average Bonchev–Trinajstić information content (AvgIpc) is 2.85. The molecule has 2 nitrogen and oxygen atoms in total. The van der Waals surface area contributed by atoms with Crippen molar-refractivity contribution in [2.45, 2.75) is 54.1 Å². The van der Waals surface area contributed by atoms with Gasteiger partial charge in [-0.2, -0.15) is 0 Å². The van der Waals surface area contributed by atoms with Crippen LogP contribution >= 0.6 is 11.3 Å². The first-order valence-corrected chi connectivity index (χ1v) is 8.87. The minimum atomic E-state index is 0.723. The van der Waals surface area contributed by atoms with Crippen LogP contribution in [0.4, 0.5) is 0 Å². The molecule has 1 heterocycles. The highest BCUT2D eigenvalue weighted by Crippen LogP contribution is 2.19. The highest BCUT2D eigenvalue weighted by molar-refractivity contribution is 7.11. The van der Waals surface area contributed by atoms with Crippen LogP contribution in [-0.2, 0) is 13.1 Å². The van der Waals surface area contributed by atoms with Gasteiger partial charge in [0, 0.05) is 29.4 Å². The molecule has 0 saturated heterocycles. The van der Waals surface area contributed by atoms with Crippen LogP contribution in [0.1, 0.15) is 50.8 Å². The zero-order valence-electron chi connectivity index (χ0n) is 13.9. The summed E-state index contributed by atoms with van der Waals surface area (Å²) in [7, 11) is 0. The molecule has 0 saturated carbocycles. The summed E-state index contributed by atoms with van der Waals surface area (Å²) in [6.07, 6.45) is 1.27. The van der Waals surface area contributed by atoms with Gasteiger partial charge in [-0.05, 0) is 37.1 Å². The van der Waals surface area contributed by atoms with Crippen molar-refractivity contribution in [3.8, 4) is 0 Å². The molecule has 0 aromatic carbocycles. The Morgan fingerprint density at radius 3 is 2.45 bits per heavy atom. The molecule has 0 radical (unpaired) electrons. The van der Waals surface area contributed by atoms with Crippen LogP contribution in [0.2, 0.25) is 0 Å². The van der Waals surface area contributed by atoms with Crippen molar-refractivity contribution in [1.82, 2.24) is 10.2 Å². The summed E-state index contributed by atoms with van der Waals surface area (Å²) in [6.45, 7) is 17.0. The molecule has 1 aromatic heterocycles. The quantitative estimate of drug-likeness (QED) is 0.690. The summed E-state index contributed by atoms with van der Waals surface area (Å²) in [4.78, 5) is 5.52. The lowest BCUT2D eigenvalue weighted by atomic mass is 10.1. The van der Waals surface area contributed by atoms with Crippen molar-refractivity contribution in [2.24, 2.45) is 11.8 Å². The van der Waals surface area contributed by atoms with Gasteiger partial charge in [0.1, 0.15) is 0 Å². The van der Waals surface area contributed by atoms with E-state index < -0.39 is 0 Å². The second-order valence-electron chi connectivity index (χ2n) is 6.23. The molecule has 0 aliphatic heterocycles. The van der Waals surface area contributed by atoms with Crippen molar-refractivity contribution in [2.75, 3.05) is 19.6 Å². The fourth-order valence-corrected chi connectivity index (χ4v) is 3.21. The number of hydrogen-bond donors (Lipinski definition) is 1. The smallest absolute Gasteiger partial charge is 0.0328 e. The Kier molecular flexibility index (Phi) is 8.43. The molecule has 0 aliphatic carbocycles. The van der Waals surface area contributed by atoms with Crippen molar-refractivity contribution in [1.29, 1.82) is 0 Å². The van der Waals surface area contributed by atoms with Gasteiger partial charge in [-0.1, -0.05) is 41.0 Å². The van der Waals surface area contributed by atoms with Crippen LogP contribution in [0.5, 0.6) is 0 Å². The van der Waals surface area contributed by atoms with Gasteiger partial charge in [-0.25, -0.2) is 0 Å². The van der Waals surface area contributed by atoms with Crippen molar-refractivity contribution in [3.05, 3.63) is 21.9 Å². The number of nitrogens with zero attached hydrogens (tertiary/aromatic N) is 1. The Hall–Kier alpha value is -0.380. The van der Waals surface area contributed by atoms with E-state index in [4.69, 9.17) is 0 Å². The van der Waals surface area contributed by atoms with E-state index in [9.17, 15) is 0 Å². The summed E-state index contributed by atoms with van der Waals surface area (Å²) in [5, 5.41) is 3.52. The standard InChI is InChI=1S/C17H32N2S/c1-6-15(5)12-19(7-2)13-17-9-8-16(20-17)11-18-10-14(3)4/h8-9,14-15,18H,6-7,10-13H2,1-5H3. The summed E-state index contributed by atoms with van der Waals surface area (Å²) in [5.41, 5.74) is 0. The van der Waals surface area contributed by atoms with Gasteiger partial charge in [0.2, 0.25) is 0 Å². The van der Waals surface area contributed by atoms with Crippen LogP contribution in [0.25, 0.3) is 0 Å². The maximum absolute atomic E-state index is 3.52. The number of thiophene rings is 1. The summed E-state index contributed by atoms with van der Waals surface area (Å²) >= 11 is 1.96. The molecule has 20 heavy (non-hydrogen) atoms. The minimum Gasteiger partial charge on any atom is -0.312 e. The topological polar surface area (TPSA) is 15.3 Å². The van der Waals surface area contributed by atoms with Crippen LogP contribution < -0.4 is 5.32 Å². The fourth-order valence-electron chi connectivity index (χ4n) is 2.18. The third kappa shape index (κ3) is 6.87. The van der Waals surface area contributed by atoms with Crippen molar-refractivity contribution >= 4 is 11.3 Å². The van der Waals surface area contributed by atoms with Gasteiger partial charge in [-0.15, -0.1) is 11.3 Å². The molecular formula is C17H32N2S. The molecule has 116 valence electrons. The third-order valence-electron chi connectivity index (χ3n) is 3.66. The number of nitrogens with one attached hydrogen (secondary N) is 1. The fraction of sp³-hybridized carbons (Fsp3) is 0.765. The summed E-state index contributed by atoms with van der Waals surface area (Å²) < 4.78 is 0. The molecule has 1 N–H and O–H groups in total. The number of hydrogen-bond acceptors (Lipinski definition) is 3. The Bertz CT molecular complexity index is 360. The molecule has 1 unspecified atom stereocenters. The lowest BCUT2D eigenvalue weighted by Crippen LogP contribution is -2.27. The summed E-state index contributed by atoms with van der Waals surface area (Å²) in [6, 6.07) is 4.58. The highest BCUT2D eigenvalue weighted by atomic mass is 32.1. The first kappa shape index (κ1) is 17.7. The molecular weight excluding hydrogens is 264 g/mol. The largest absolute Gasteiger partial charge is 0.312 e. The zero-order valence-corrected chi connectivity index (χ0v) is 14.7. The molecule has 1 atom stereocenters. The Labute approximate surface area is 129 Å². The lowest BCUT2D eigenvalue weighted by Gasteiger charge is -2.22. The molecule has 0 amide bonds.